The molecule has 0 radical (unpaired) electrons. The number of carboxylic acids is 1. The van der Waals surface area contributed by atoms with Crippen molar-refractivity contribution >= 4 is 62.2 Å². The average molecular weight is 446 g/mol. The van der Waals surface area contributed by atoms with Gasteiger partial charge in [-0.2, -0.15) is 0 Å². The Labute approximate surface area is 163 Å². The van der Waals surface area contributed by atoms with Crippen LogP contribution in [0.5, 0.6) is 11.5 Å². The number of carbonyl (C=O) groups excluding carboxylic acids is 1. The van der Waals surface area contributed by atoms with E-state index in [-0.39, 0.29) is 24.6 Å². The highest BCUT2D eigenvalue weighted by Gasteiger charge is 2.32. The van der Waals surface area contributed by atoms with Gasteiger partial charge in [-0.1, -0.05) is 39.9 Å². The summed E-state index contributed by atoms with van der Waals surface area (Å²) in [6, 6.07) is 3.36. The van der Waals surface area contributed by atoms with Gasteiger partial charge < -0.3 is 14.9 Å². The maximum Gasteiger partial charge on any atom is 0.303 e. The second-order valence-electron chi connectivity index (χ2n) is 5.07. The fourth-order valence-electron chi connectivity index (χ4n) is 2.18. The number of phenolic OH excluding ortho intramolecular Hbond substituents is 1. The zero-order valence-corrected chi connectivity index (χ0v) is 16.5. The number of ether oxygens (including phenoxy) is 1. The highest BCUT2D eigenvalue weighted by Crippen LogP contribution is 2.40. The van der Waals surface area contributed by atoms with Gasteiger partial charge in [0.05, 0.1) is 11.5 Å². The molecule has 0 aromatic heterocycles. The van der Waals surface area contributed by atoms with Crippen LogP contribution < -0.4 is 4.74 Å². The van der Waals surface area contributed by atoms with Crippen LogP contribution in [0.3, 0.4) is 0 Å². The minimum atomic E-state index is -0.914. The van der Waals surface area contributed by atoms with E-state index in [2.05, 4.69) is 15.9 Å². The van der Waals surface area contributed by atoms with E-state index in [9.17, 15) is 14.7 Å². The number of thiocarbonyl (C=S) groups is 1. The Balaban J connectivity index is 2.24. The molecule has 0 aliphatic carbocycles. The van der Waals surface area contributed by atoms with E-state index in [4.69, 9.17) is 22.1 Å². The van der Waals surface area contributed by atoms with Crippen molar-refractivity contribution in [1.82, 2.24) is 4.90 Å². The number of carbonyl (C=O) groups is 2. The van der Waals surface area contributed by atoms with Crippen molar-refractivity contribution in [2.24, 2.45) is 0 Å². The van der Waals surface area contributed by atoms with E-state index in [0.717, 1.165) is 11.8 Å². The highest BCUT2D eigenvalue weighted by atomic mass is 79.9. The number of benzene rings is 1. The first-order valence-electron chi connectivity index (χ1n) is 7.46. The zero-order valence-electron chi connectivity index (χ0n) is 13.3. The van der Waals surface area contributed by atoms with Crippen molar-refractivity contribution in [3.63, 3.8) is 0 Å². The molecule has 1 aliphatic heterocycles. The molecule has 6 nitrogen and oxygen atoms in total. The lowest BCUT2D eigenvalue weighted by Gasteiger charge is -2.13. The monoisotopic (exact) mass is 445 g/mol. The topological polar surface area (TPSA) is 87.1 Å². The molecule has 9 heteroatoms. The number of thioether (sulfide) groups is 1. The molecule has 0 unspecified atom stereocenters. The molecule has 0 bridgehead atoms. The third kappa shape index (κ3) is 4.74. The summed E-state index contributed by atoms with van der Waals surface area (Å²) in [5, 5.41) is 19.0. The summed E-state index contributed by atoms with van der Waals surface area (Å²) in [5.41, 5.74) is 0.428. The first-order valence-corrected chi connectivity index (χ1v) is 9.48. The van der Waals surface area contributed by atoms with E-state index >= 15 is 0 Å². The Bertz CT molecular complexity index is 750. The molecule has 0 saturated carbocycles. The number of aliphatic carboxylic acids is 1. The fraction of sp³-hybridized carbons (Fsp3) is 0.312. The Kier molecular flexibility index (Phi) is 6.86. The third-order valence-electron chi connectivity index (χ3n) is 3.35. The zero-order chi connectivity index (χ0) is 18.6. The molecule has 1 aromatic rings. The Hall–Kier alpha value is -1.58. The number of nitrogens with zero attached hydrogens (tertiary/aromatic N) is 1. The van der Waals surface area contributed by atoms with Gasteiger partial charge in [0, 0.05) is 23.0 Å². The molecule has 2 rings (SSSR count). The maximum absolute atomic E-state index is 12.5. The van der Waals surface area contributed by atoms with Crippen molar-refractivity contribution in [3.8, 4) is 11.5 Å². The van der Waals surface area contributed by atoms with Gasteiger partial charge in [-0.05, 0) is 31.6 Å². The molecule has 25 heavy (non-hydrogen) atoms. The number of aromatic hydroxyl groups is 1. The van der Waals surface area contributed by atoms with Crippen LogP contribution in [0.25, 0.3) is 6.08 Å². The minimum Gasteiger partial charge on any atom is -0.504 e. The molecule has 1 aliphatic rings. The van der Waals surface area contributed by atoms with Crippen LogP contribution in [0.2, 0.25) is 0 Å². The second kappa shape index (κ2) is 8.68. The molecule has 1 fully saturated rings. The summed E-state index contributed by atoms with van der Waals surface area (Å²) in [7, 11) is 0. The van der Waals surface area contributed by atoms with Crippen LogP contribution in [0.4, 0.5) is 0 Å². The summed E-state index contributed by atoms with van der Waals surface area (Å²) in [5.74, 6) is -0.947. The fourth-order valence-corrected chi connectivity index (χ4v) is 3.91. The van der Waals surface area contributed by atoms with Crippen LogP contribution >= 0.6 is 39.9 Å². The van der Waals surface area contributed by atoms with E-state index < -0.39 is 5.97 Å². The van der Waals surface area contributed by atoms with Gasteiger partial charge in [0.2, 0.25) is 0 Å². The number of carboxylic acid groups (broad SMARTS) is 1. The smallest absolute Gasteiger partial charge is 0.303 e. The molecular weight excluding hydrogens is 430 g/mol. The lowest BCUT2D eigenvalue weighted by molar-refractivity contribution is -0.137. The summed E-state index contributed by atoms with van der Waals surface area (Å²) in [6.07, 6.45) is 1.85. The average Bonchev–Trinajstić information content (AvgIpc) is 2.81. The molecule has 0 spiro atoms. The van der Waals surface area contributed by atoms with Crippen molar-refractivity contribution in [1.29, 1.82) is 0 Å². The van der Waals surface area contributed by atoms with E-state index in [1.165, 1.54) is 4.90 Å². The lowest BCUT2D eigenvalue weighted by atomic mass is 10.1. The molecule has 1 amide bonds. The van der Waals surface area contributed by atoms with E-state index in [1.807, 2.05) is 6.92 Å². The summed E-state index contributed by atoms with van der Waals surface area (Å²) in [4.78, 5) is 24.9. The number of halogens is 1. The van der Waals surface area contributed by atoms with Gasteiger partial charge in [0.15, 0.2) is 11.5 Å². The predicted molar refractivity (Wildman–Crippen MR) is 104 cm³/mol. The number of hydrogen-bond donors (Lipinski definition) is 2. The highest BCUT2D eigenvalue weighted by molar-refractivity contribution is 9.10. The number of amides is 1. The molecule has 2 N–H and O–H groups in total. The molecule has 1 heterocycles. The van der Waals surface area contributed by atoms with Gasteiger partial charge in [-0.15, -0.1) is 0 Å². The van der Waals surface area contributed by atoms with Crippen LogP contribution in [-0.4, -0.2) is 44.5 Å². The third-order valence-corrected chi connectivity index (χ3v) is 5.42. The molecular formula is C16H16BrNO5S2. The Morgan fingerprint density at radius 1 is 1.48 bits per heavy atom. The van der Waals surface area contributed by atoms with Crippen LogP contribution in [0.1, 0.15) is 25.3 Å². The molecule has 134 valence electrons. The summed E-state index contributed by atoms with van der Waals surface area (Å²) >= 11 is 9.68. The SMILES string of the molecule is CCOc1ccc(Br)c(C=C2SC(=S)N(CCCC(=O)O)C2=O)c1O. The van der Waals surface area contributed by atoms with Gasteiger partial charge in [-0.3, -0.25) is 14.5 Å². The van der Waals surface area contributed by atoms with Gasteiger partial charge in [0.1, 0.15) is 4.32 Å². The van der Waals surface area contributed by atoms with Gasteiger partial charge in [-0.25, -0.2) is 0 Å². The molecule has 1 saturated heterocycles. The first-order chi connectivity index (χ1) is 11.8. The Morgan fingerprint density at radius 3 is 2.84 bits per heavy atom. The first kappa shape index (κ1) is 19.7. The quantitative estimate of drug-likeness (QED) is 0.489. The number of hydrogen-bond acceptors (Lipinski definition) is 6. The van der Waals surface area contributed by atoms with Crippen LogP contribution in [0.15, 0.2) is 21.5 Å². The standard InChI is InChI=1S/C16H16BrNO5S2/c1-2-23-11-6-5-10(17)9(14(11)21)8-12-15(22)18(16(24)25-12)7-3-4-13(19)20/h5-6,8,21H,2-4,7H2,1H3,(H,19,20). The van der Waals surface area contributed by atoms with Crippen LogP contribution in [0, 0.1) is 0 Å². The second-order valence-corrected chi connectivity index (χ2v) is 7.60. The Morgan fingerprint density at radius 2 is 2.20 bits per heavy atom. The van der Waals surface area contributed by atoms with Crippen molar-refractivity contribution < 1.29 is 24.5 Å². The van der Waals surface area contributed by atoms with Crippen molar-refractivity contribution in [3.05, 3.63) is 27.1 Å². The minimum absolute atomic E-state index is 0.0289. The summed E-state index contributed by atoms with van der Waals surface area (Å²) < 4.78 is 6.35. The van der Waals surface area contributed by atoms with Crippen LogP contribution in [-0.2, 0) is 9.59 Å². The van der Waals surface area contributed by atoms with Crippen molar-refractivity contribution in [2.45, 2.75) is 19.8 Å². The van der Waals surface area contributed by atoms with Gasteiger partial charge in [0.25, 0.3) is 5.91 Å². The normalized spacial score (nSPS) is 15.9. The summed E-state index contributed by atoms with van der Waals surface area (Å²) in [6.45, 7) is 2.46. The number of phenols is 1. The number of rotatable bonds is 7. The maximum atomic E-state index is 12.5. The predicted octanol–water partition coefficient (Wildman–Crippen LogP) is 3.62. The molecule has 0 atom stereocenters. The largest absolute Gasteiger partial charge is 0.504 e. The van der Waals surface area contributed by atoms with E-state index in [1.54, 1.807) is 18.2 Å². The van der Waals surface area contributed by atoms with E-state index in [0.29, 0.717) is 38.0 Å². The lowest BCUT2D eigenvalue weighted by Crippen LogP contribution is -2.29. The van der Waals surface area contributed by atoms with Gasteiger partial charge >= 0.3 is 5.97 Å². The van der Waals surface area contributed by atoms with Crippen molar-refractivity contribution in [2.75, 3.05) is 13.2 Å². The molecule has 1 aromatic carbocycles.